The smallest absolute Gasteiger partial charge is 0.303 e. The molecule has 1 aromatic rings. The lowest BCUT2D eigenvalue weighted by Crippen LogP contribution is -1.95. The van der Waals surface area contributed by atoms with Crippen molar-refractivity contribution in [3.63, 3.8) is 0 Å². The number of aromatic nitrogens is 2. The van der Waals surface area contributed by atoms with E-state index in [0.29, 0.717) is 30.5 Å². The molecule has 0 amide bonds. The third-order valence-corrected chi connectivity index (χ3v) is 1.87. The Balaban J connectivity index is 2.36. The number of aliphatic carboxylic acids is 1. The Morgan fingerprint density at radius 3 is 2.67 bits per heavy atom. The van der Waals surface area contributed by atoms with E-state index in [4.69, 9.17) is 9.52 Å². The van der Waals surface area contributed by atoms with E-state index in [0.717, 1.165) is 6.42 Å². The summed E-state index contributed by atoms with van der Waals surface area (Å²) < 4.78 is 5.36. The SMILES string of the molecule is CC(C)Cc1nnc(CCCC(=O)O)o1. The summed E-state index contributed by atoms with van der Waals surface area (Å²) in [5.41, 5.74) is 0. The molecule has 0 aromatic carbocycles. The second-order valence-electron chi connectivity index (χ2n) is 3.93. The first-order chi connectivity index (χ1) is 7.08. The van der Waals surface area contributed by atoms with E-state index in [1.807, 2.05) is 0 Å². The maximum Gasteiger partial charge on any atom is 0.303 e. The second-order valence-corrected chi connectivity index (χ2v) is 3.93. The van der Waals surface area contributed by atoms with Gasteiger partial charge in [0.05, 0.1) is 0 Å². The van der Waals surface area contributed by atoms with E-state index >= 15 is 0 Å². The summed E-state index contributed by atoms with van der Waals surface area (Å²) in [4.78, 5) is 10.3. The predicted molar refractivity (Wildman–Crippen MR) is 53.4 cm³/mol. The van der Waals surface area contributed by atoms with Crippen molar-refractivity contribution in [3.05, 3.63) is 11.8 Å². The molecule has 5 nitrogen and oxygen atoms in total. The van der Waals surface area contributed by atoms with Gasteiger partial charge in [0.25, 0.3) is 0 Å². The molecule has 0 fully saturated rings. The molecule has 5 heteroatoms. The Morgan fingerprint density at radius 2 is 2.07 bits per heavy atom. The van der Waals surface area contributed by atoms with Crippen molar-refractivity contribution in [1.82, 2.24) is 10.2 Å². The fourth-order valence-electron chi connectivity index (χ4n) is 1.21. The van der Waals surface area contributed by atoms with Crippen LogP contribution in [0.3, 0.4) is 0 Å². The van der Waals surface area contributed by atoms with Gasteiger partial charge in [-0.15, -0.1) is 10.2 Å². The number of carboxylic acid groups (broad SMARTS) is 1. The van der Waals surface area contributed by atoms with Gasteiger partial charge in [-0.2, -0.15) is 0 Å². The minimum absolute atomic E-state index is 0.141. The highest BCUT2D eigenvalue weighted by Crippen LogP contribution is 2.08. The molecule has 0 bridgehead atoms. The molecule has 0 unspecified atom stereocenters. The quantitative estimate of drug-likeness (QED) is 0.776. The van der Waals surface area contributed by atoms with Gasteiger partial charge in [0, 0.05) is 19.3 Å². The third kappa shape index (κ3) is 4.58. The molecule has 84 valence electrons. The highest BCUT2D eigenvalue weighted by molar-refractivity contribution is 5.66. The Hall–Kier alpha value is -1.39. The van der Waals surface area contributed by atoms with Crippen molar-refractivity contribution in [1.29, 1.82) is 0 Å². The molecule has 0 atom stereocenters. The van der Waals surface area contributed by atoms with Gasteiger partial charge in [-0.1, -0.05) is 13.8 Å². The van der Waals surface area contributed by atoms with Crippen LogP contribution >= 0.6 is 0 Å². The maximum atomic E-state index is 10.3. The van der Waals surface area contributed by atoms with Gasteiger partial charge in [-0.25, -0.2) is 0 Å². The first-order valence-electron chi connectivity index (χ1n) is 5.11. The van der Waals surface area contributed by atoms with Crippen molar-refractivity contribution < 1.29 is 14.3 Å². The molecule has 0 radical (unpaired) electrons. The topological polar surface area (TPSA) is 76.2 Å². The molecule has 0 spiro atoms. The lowest BCUT2D eigenvalue weighted by molar-refractivity contribution is -0.137. The van der Waals surface area contributed by atoms with Crippen LogP contribution in [0.25, 0.3) is 0 Å². The fourth-order valence-corrected chi connectivity index (χ4v) is 1.21. The maximum absolute atomic E-state index is 10.3. The summed E-state index contributed by atoms with van der Waals surface area (Å²) in [6.07, 6.45) is 1.99. The Morgan fingerprint density at radius 1 is 1.40 bits per heavy atom. The standard InChI is InChI=1S/C10H16N2O3/c1-7(2)6-9-12-11-8(15-9)4-3-5-10(13)14/h7H,3-6H2,1-2H3,(H,13,14). The molecule has 1 rings (SSSR count). The van der Waals surface area contributed by atoms with E-state index < -0.39 is 5.97 Å². The van der Waals surface area contributed by atoms with E-state index in [1.165, 1.54) is 0 Å². The van der Waals surface area contributed by atoms with Crippen molar-refractivity contribution >= 4 is 5.97 Å². The second kappa shape index (κ2) is 5.48. The first-order valence-corrected chi connectivity index (χ1v) is 5.11. The summed E-state index contributed by atoms with van der Waals surface area (Å²) in [7, 11) is 0. The minimum atomic E-state index is -0.795. The molecule has 0 saturated carbocycles. The molecule has 0 aliphatic rings. The lowest BCUT2D eigenvalue weighted by Gasteiger charge is -1.97. The summed E-state index contributed by atoms with van der Waals surface area (Å²) in [6.45, 7) is 4.16. The van der Waals surface area contributed by atoms with Crippen molar-refractivity contribution in [2.75, 3.05) is 0 Å². The van der Waals surface area contributed by atoms with E-state index in [-0.39, 0.29) is 6.42 Å². The van der Waals surface area contributed by atoms with Gasteiger partial charge in [0.2, 0.25) is 11.8 Å². The Labute approximate surface area is 88.5 Å². The molecular weight excluding hydrogens is 196 g/mol. The average molecular weight is 212 g/mol. The fraction of sp³-hybridized carbons (Fsp3) is 0.700. The van der Waals surface area contributed by atoms with Gasteiger partial charge in [-0.3, -0.25) is 4.79 Å². The molecule has 15 heavy (non-hydrogen) atoms. The summed E-state index contributed by atoms with van der Waals surface area (Å²) in [6, 6.07) is 0. The predicted octanol–water partition coefficient (Wildman–Crippen LogP) is 1.68. The number of nitrogens with zero attached hydrogens (tertiary/aromatic N) is 2. The highest BCUT2D eigenvalue weighted by Gasteiger charge is 2.08. The van der Waals surface area contributed by atoms with Gasteiger partial charge < -0.3 is 9.52 Å². The molecule has 1 aromatic heterocycles. The molecule has 1 N–H and O–H groups in total. The number of carbonyl (C=O) groups is 1. The average Bonchev–Trinajstić information content (AvgIpc) is 2.50. The van der Waals surface area contributed by atoms with E-state index in [9.17, 15) is 4.79 Å². The van der Waals surface area contributed by atoms with E-state index in [2.05, 4.69) is 24.0 Å². The van der Waals surface area contributed by atoms with E-state index in [1.54, 1.807) is 0 Å². The highest BCUT2D eigenvalue weighted by atomic mass is 16.4. The van der Waals surface area contributed by atoms with Gasteiger partial charge >= 0.3 is 5.97 Å². The third-order valence-electron chi connectivity index (χ3n) is 1.87. The van der Waals surface area contributed by atoms with Crippen LogP contribution in [0.5, 0.6) is 0 Å². The Bertz CT molecular complexity index is 320. The van der Waals surface area contributed by atoms with Crippen LogP contribution in [0.15, 0.2) is 4.42 Å². The lowest BCUT2D eigenvalue weighted by atomic mass is 10.1. The zero-order valence-electron chi connectivity index (χ0n) is 9.06. The molecule has 0 aliphatic carbocycles. The molecular formula is C10H16N2O3. The number of rotatable bonds is 6. The van der Waals surface area contributed by atoms with Crippen LogP contribution in [-0.4, -0.2) is 21.3 Å². The summed E-state index contributed by atoms with van der Waals surface area (Å²) >= 11 is 0. The van der Waals surface area contributed by atoms with Gasteiger partial charge in [0.1, 0.15) is 0 Å². The molecule has 1 heterocycles. The minimum Gasteiger partial charge on any atom is -0.481 e. The monoisotopic (exact) mass is 212 g/mol. The van der Waals surface area contributed by atoms with Crippen LogP contribution in [0.4, 0.5) is 0 Å². The zero-order chi connectivity index (χ0) is 11.3. The summed E-state index contributed by atoms with van der Waals surface area (Å²) in [5.74, 6) is 0.858. The largest absolute Gasteiger partial charge is 0.481 e. The first kappa shape index (κ1) is 11.7. The van der Waals surface area contributed by atoms with Crippen molar-refractivity contribution in [2.45, 2.75) is 39.5 Å². The number of hydrogen-bond acceptors (Lipinski definition) is 4. The van der Waals surface area contributed by atoms with Crippen LogP contribution in [0, 0.1) is 5.92 Å². The number of aryl methyl sites for hydroxylation is 1. The van der Waals surface area contributed by atoms with Crippen molar-refractivity contribution in [3.8, 4) is 0 Å². The van der Waals surface area contributed by atoms with Gasteiger partial charge in [0.15, 0.2) is 0 Å². The van der Waals surface area contributed by atoms with Crippen LogP contribution in [0.1, 0.15) is 38.5 Å². The van der Waals surface area contributed by atoms with Crippen LogP contribution in [0.2, 0.25) is 0 Å². The molecule has 0 saturated heterocycles. The summed E-state index contributed by atoms with van der Waals surface area (Å²) in [5, 5.41) is 16.2. The number of carboxylic acids is 1. The van der Waals surface area contributed by atoms with Crippen LogP contribution < -0.4 is 0 Å². The van der Waals surface area contributed by atoms with Crippen molar-refractivity contribution in [2.24, 2.45) is 5.92 Å². The molecule has 0 aliphatic heterocycles. The Kier molecular flexibility index (Phi) is 4.27. The normalized spacial score (nSPS) is 10.9. The van der Waals surface area contributed by atoms with Crippen LogP contribution in [-0.2, 0) is 17.6 Å². The zero-order valence-corrected chi connectivity index (χ0v) is 9.06. The van der Waals surface area contributed by atoms with Gasteiger partial charge in [-0.05, 0) is 12.3 Å². The number of hydrogen-bond donors (Lipinski definition) is 1.